The van der Waals surface area contributed by atoms with Gasteiger partial charge in [0.05, 0.1) is 19.2 Å². The number of amides is 1. The number of halogens is 1. The van der Waals surface area contributed by atoms with E-state index in [0.29, 0.717) is 12.3 Å². The fourth-order valence-electron chi connectivity index (χ4n) is 1.53. The highest BCUT2D eigenvalue weighted by molar-refractivity contribution is 9.10. The Morgan fingerprint density at radius 3 is 2.89 bits per heavy atom. The summed E-state index contributed by atoms with van der Waals surface area (Å²) in [5.74, 6) is 0.133. The molecule has 2 aromatic rings. The summed E-state index contributed by atoms with van der Waals surface area (Å²) in [6.45, 7) is 0.422. The Labute approximate surface area is 123 Å². The molecule has 0 atom stereocenters. The zero-order valence-corrected chi connectivity index (χ0v) is 12.5. The molecule has 19 heavy (non-hydrogen) atoms. The summed E-state index contributed by atoms with van der Waals surface area (Å²) in [7, 11) is 1.51. The van der Waals surface area contributed by atoms with Crippen LogP contribution in [0.4, 0.5) is 0 Å². The summed E-state index contributed by atoms with van der Waals surface area (Å²) < 4.78 is 6.02. The van der Waals surface area contributed by atoms with Crippen molar-refractivity contribution >= 4 is 33.2 Å². The van der Waals surface area contributed by atoms with Crippen LogP contribution >= 0.6 is 27.3 Å². The summed E-state index contributed by atoms with van der Waals surface area (Å²) in [5.41, 5.74) is 0.204. The zero-order valence-electron chi connectivity index (χ0n) is 10.1. The fourth-order valence-corrected chi connectivity index (χ4v) is 2.92. The van der Waals surface area contributed by atoms with Crippen molar-refractivity contribution in [1.29, 1.82) is 0 Å². The monoisotopic (exact) mass is 341 g/mol. The van der Waals surface area contributed by atoms with Crippen LogP contribution in [-0.2, 0) is 6.54 Å². The molecule has 0 saturated carbocycles. The first-order chi connectivity index (χ1) is 9.10. The Balaban J connectivity index is 2.07. The number of phenols is 1. The highest BCUT2D eigenvalue weighted by Crippen LogP contribution is 2.23. The van der Waals surface area contributed by atoms with Gasteiger partial charge in [0.1, 0.15) is 11.5 Å². The lowest BCUT2D eigenvalue weighted by Crippen LogP contribution is -2.22. The minimum atomic E-state index is -0.332. The van der Waals surface area contributed by atoms with E-state index in [2.05, 4.69) is 21.2 Å². The van der Waals surface area contributed by atoms with Gasteiger partial charge in [0, 0.05) is 14.7 Å². The Morgan fingerprint density at radius 1 is 1.47 bits per heavy atom. The fraction of sp³-hybridized carbons (Fsp3) is 0.154. The van der Waals surface area contributed by atoms with Crippen LogP contribution in [0.5, 0.6) is 11.5 Å². The van der Waals surface area contributed by atoms with Gasteiger partial charge >= 0.3 is 0 Å². The van der Waals surface area contributed by atoms with Crippen LogP contribution < -0.4 is 10.1 Å². The Hall–Kier alpha value is -1.53. The van der Waals surface area contributed by atoms with Crippen LogP contribution in [0.3, 0.4) is 0 Å². The third kappa shape index (κ3) is 3.48. The average Bonchev–Trinajstić information content (AvgIpc) is 2.82. The number of nitrogens with one attached hydrogen (secondary N) is 1. The van der Waals surface area contributed by atoms with Gasteiger partial charge in [0.15, 0.2) is 0 Å². The molecule has 4 nitrogen and oxygen atoms in total. The van der Waals surface area contributed by atoms with E-state index >= 15 is 0 Å². The molecule has 2 N–H and O–H groups in total. The first-order valence-electron chi connectivity index (χ1n) is 5.48. The second-order valence-electron chi connectivity index (χ2n) is 3.80. The van der Waals surface area contributed by atoms with E-state index < -0.39 is 0 Å². The molecule has 1 amide bonds. The van der Waals surface area contributed by atoms with Gasteiger partial charge in [-0.05, 0) is 40.2 Å². The van der Waals surface area contributed by atoms with E-state index in [9.17, 15) is 9.90 Å². The minimum Gasteiger partial charge on any atom is -0.507 e. The lowest BCUT2D eigenvalue weighted by atomic mass is 10.1. The topological polar surface area (TPSA) is 58.6 Å². The van der Waals surface area contributed by atoms with Crippen molar-refractivity contribution < 1.29 is 14.6 Å². The minimum absolute atomic E-state index is 0.0642. The zero-order chi connectivity index (χ0) is 13.8. The average molecular weight is 342 g/mol. The van der Waals surface area contributed by atoms with E-state index in [1.165, 1.54) is 19.2 Å². The molecule has 100 valence electrons. The van der Waals surface area contributed by atoms with Crippen molar-refractivity contribution in [2.24, 2.45) is 0 Å². The lowest BCUT2D eigenvalue weighted by Gasteiger charge is -2.07. The van der Waals surface area contributed by atoms with Crippen LogP contribution in [-0.4, -0.2) is 18.1 Å². The molecule has 0 saturated heterocycles. The Morgan fingerprint density at radius 2 is 2.26 bits per heavy atom. The molecular weight excluding hydrogens is 330 g/mol. The van der Waals surface area contributed by atoms with Gasteiger partial charge in [0.2, 0.25) is 0 Å². The number of thiophene rings is 1. The molecule has 0 radical (unpaired) electrons. The normalized spacial score (nSPS) is 10.2. The number of hydrogen-bond acceptors (Lipinski definition) is 4. The standard InChI is InChI=1S/C13H12BrNO3S/c1-18-9-2-3-12(16)11(5-9)13(17)15-6-10-4-8(14)7-19-10/h2-5,7,16H,6H2,1H3,(H,15,17). The number of methoxy groups -OCH3 is 1. The molecule has 0 bridgehead atoms. The highest BCUT2D eigenvalue weighted by Gasteiger charge is 2.12. The molecule has 6 heteroatoms. The van der Waals surface area contributed by atoms with Crippen LogP contribution in [0.1, 0.15) is 15.2 Å². The third-order valence-electron chi connectivity index (χ3n) is 2.49. The van der Waals surface area contributed by atoms with E-state index in [0.717, 1.165) is 9.35 Å². The number of benzene rings is 1. The second-order valence-corrected chi connectivity index (χ2v) is 5.71. The number of aromatic hydroxyl groups is 1. The summed E-state index contributed by atoms with van der Waals surface area (Å²) in [6.07, 6.45) is 0. The predicted molar refractivity (Wildman–Crippen MR) is 77.8 cm³/mol. The van der Waals surface area contributed by atoms with E-state index in [4.69, 9.17) is 4.74 Å². The Kier molecular flexibility index (Phi) is 4.44. The van der Waals surface area contributed by atoms with Gasteiger partial charge in [-0.1, -0.05) is 0 Å². The van der Waals surface area contributed by atoms with Gasteiger partial charge in [0.25, 0.3) is 5.91 Å². The molecule has 0 aliphatic rings. The predicted octanol–water partition coefficient (Wildman–Crippen LogP) is 3.15. The smallest absolute Gasteiger partial charge is 0.255 e. The van der Waals surface area contributed by atoms with E-state index in [1.54, 1.807) is 17.4 Å². The molecule has 1 aromatic carbocycles. The summed E-state index contributed by atoms with van der Waals surface area (Å²) in [5, 5.41) is 14.4. The van der Waals surface area contributed by atoms with E-state index in [-0.39, 0.29) is 17.2 Å². The molecule has 1 aromatic heterocycles. The number of hydrogen-bond donors (Lipinski definition) is 2. The summed E-state index contributed by atoms with van der Waals surface area (Å²) in [4.78, 5) is 13.0. The molecular formula is C13H12BrNO3S. The largest absolute Gasteiger partial charge is 0.507 e. The van der Waals surface area contributed by atoms with Gasteiger partial charge in [-0.15, -0.1) is 11.3 Å². The molecule has 0 unspecified atom stereocenters. The summed E-state index contributed by atoms with van der Waals surface area (Å²) in [6, 6.07) is 6.49. The first-order valence-corrected chi connectivity index (χ1v) is 7.15. The summed E-state index contributed by atoms with van der Waals surface area (Å²) >= 11 is 4.91. The molecule has 0 aliphatic carbocycles. The van der Waals surface area contributed by atoms with Crippen molar-refractivity contribution in [3.63, 3.8) is 0 Å². The number of carbonyl (C=O) groups is 1. The van der Waals surface area contributed by atoms with Crippen LogP contribution in [0, 0.1) is 0 Å². The highest BCUT2D eigenvalue weighted by atomic mass is 79.9. The van der Waals surface area contributed by atoms with Crippen molar-refractivity contribution in [3.8, 4) is 11.5 Å². The number of carbonyl (C=O) groups excluding carboxylic acids is 1. The first kappa shape index (κ1) is 13.9. The van der Waals surface area contributed by atoms with E-state index in [1.807, 2.05) is 11.4 Å². The molecule has 0 spiro atoms. The second kappa shape index (κ2) is 6.08. The third-order valence-corrected chi connectivity index (χ3v) is 4.19. The van der Waals surface area contributed by atoms with Crippen LogP contribution in [0.15, 0.2) is 34.1 Å². The van der Waals surface area contributed by atoms with Gasteiger partial charge in [-0.2, -0.15) is 0 Å². The molecule has 0 aliphatic heterocycles. The van der Waals surface area contributed by atoms with Crippen molar-refractivity contribution in [1.82, 2.24) is 5.32 Å². The number of phenolic OH excluding ortho intramolecular Hbond substituents is 1. The number of rotatable bonds is 4. The maximum atomic E-state index is 12.0. The van der Waals surface area contributed by atoms with Crippen molar-refractivity contribution in [3.05, 3.63) is 44.6 Å². The van der Waals surface area contributed by atoms with Gasteiger partial charge in [-0.3, -0.25) is 4.79 Å². The van der Waals surface area contributed by atoms with Crippen LogP contribution in [0.2, 0.25) is 0 Å². The number of ether oxygens (including phenoxy) is 1. The molecule has 1 heterocycles. The molecule has 0 fully saturated rings. The van der Waals surface area contributed by atoms with Crippen molar-refractivity contribution in [2.45, 2.75) is 6.54 Å². The van der Waals surface area contributed by atoms with Gasteiger partial charge in [-0.25, -0.2) is 0 Å². The maximum Gasteiger partial charge on any atom is 0.255 e. The van der Waals surface area contributed by atoms with Gasteiger partial charge < -0.3 is 15.2 Å². The lowest BCUT2D eigenvalue weighted by molar-refractivity contribution is 0.0948. The SMILES string of the molecule is COc1ccc(O)c(C(=O)NCc2cc(Br)cs2)c1. The van der Waals surface area contributed by atoms with Crippen molar-refractivity contribution in [2.75, 3.05) is 7.11 Å². The Bertz CT molecular complexity index is 597. The maximum absolute atomic E-state index is 12.0. The quantitative estimate of drug-likeness (QED) is 0.897. The van der Waals surface area contributed by atoms with Crippen LogP contribution in [0.25, 0.3) is 0 Å². The molecule has 2 rings (SSSR count).